The van der Waals surface area contributed by atoms with Crippen molar-refractivity contribution in [3.8, 4) is 28.6 Å². The SMILES string of the molecule is COc1ccc(-c2cc(C(=O)O)c3c(O)cc(O)cc3[o+]2)cc1. The number of fused-ring (bicyclic) bond motifs is 1. The van der Waals surface area contributed by atoms with E-state index in [9.17, 15) is 20.1 Å². The monoisotopic (exact) mass is 313 g/mol. The average molecular weight is 313 g/mol. The van der Waals surface area contributed by atoms with E-state index in [1.54, 1.807) is 31.4 Å². The first kappa shape index (κ1) is 14.6. The van der Waals surface area contributed by atoms with Crippen molar-refractivity contribution in [3.63, 3.8) is 0 Å². The predicted molar refractivity (Wildman–Crippen MR) is 82.9 cm³/mol. The molecule has 3 rings (SSSR count). The summed E-state index contributed by atoms with van der Waals surface area (Å²) >= 11 is 0. The molecule has 0 atom stereocenters. The van der Waals surface area contributed by atoms with Crippen molar-refractivity contribution >= 4 is 16.9 Å². The lowest BCUT2D eigenvalue weighted by atomic mass is 10.0. The van der Waals surface area contributed by atoms with E-state index < -0.39 is 5.97 Å². The van der Waals surface area contributed by atoms with Gasteiger partial charge in [0.1, 0.15) is 22.6 Å². The summed E-state index contributed by atoms with van der Waals surface area (Å²) in [6.45, 7) is 0. The van der Waals surface area contributed by atoms with E-state index in [4.69, 9.17) is 9.15 Å². The van der Waals surface area contributed by atoms with E-state index in [1.165, 1.54) is 12.1 Å². The summed E-state index contributed by atoms with van der Waals surface area (Å²) in [5.74, 6) is -0.836. The normalized spacial score (nSPS) is 10.7. The van der Waals surface area contributed by atoms with Crippen LogP contribution in [0.15, 0.2) is 46.9 Å². The molecule has 3 aromatic rings. The number of benzene rings is 2. The van der Waals surface area contributed by atoms with Crippen molar-refractivity contribution in [2.24, 2.45) is 0 Å². The van der Waals surface area contributed by atoms with Gasteiger partial charge in [-0.1, -0.05) is 0 Å². The van der Waals surface area contributed by atoms with Gasteiger partial charge in [0.15, 0.2) is 0 Å². The Hall–Kier alpha value is -3.28. The first-order chi connectivity index (χ1) is 11.0. The predicted octanol–water partition coefficient (Wildman–Crippen LogP) is 3.50. The number of hydrogen-bond donors (Lipinski definition) is 3. The van der Waals surface area contributed by atoms with E-state index in [2.05, 4.69) is 0 Å². The fourth-order valence-corrected chi connectivity index (χ4v) is 2.36. The summed E-state index contributed by atoms with van der Waals surface area (Å²) in [6, 6.07) is 10.5. The highest BCUT2D eigenvalue weighted by molar-refractivity contribution is 6.05. The van der Waals surface area contributed by atoms with Gasteiger partial charge < -0.3 is 20.1 Å². The van der Waals surface area contributed by atoms with Gasteiger partial charge in [0.25, 0.3) is 0 Å². The van der Waals surface area contributed by atoms with E-state index in [1.807, 2.05) is 0 Å². The second-order valence-corrected chi connectivity index (χ2v) is 4.90. The largest absolute Gasteiger partial charge is 0.507 e. The molecule has 0 radical (unpaired) electrons. The number of aromatic hydroxyl groups is 2. The molecule has 0 bridgehead atoms. The number of aromatic carboxylic acids is 1. The average Bonchev–Trinajstić information content (AvgIpc) is 2.53. The van der Waals surface area contributed by atoms with Gasteiger partial charge in [0, 0.05) is 6.07 Å². The smallest absolute Gasteiger partial charge is 0.369 e. The molecule has 0 saturated carbocycles. The van der Waals surface area contributed by atoms with Crippen LogP contribution < -0.4 is 4.74 Å². The molecule has 0 amide bonds. The molecule has 116 valence electrons. The highest BCUT2D eigenvalue weighted by atomic mass is 16.5. The fraction of sp³-hybridized carbons (Fsp3) is 0.0588. The molecule has 1 heterocycles. The third kappa shape index (κ3) is 2.62. The van der Waals surface area contributed by atoms with Crippen molar-refractivity contribution in [1.82, 2.24) is 0 Å². The lowest BCUT2D eigenvalue weighted by Gasteiger charge is -2.02. The van der Waals surface area contributed by atoms with Gasteiger partial charge in [-0.05, 0) is 24.3 Å². The number of ether oxygens (including phenoxy) is 1. The molecule has 0 aliphatic heterocycles. The van der Waals surface area contributed by atoms with Gasteiger partial charge in [0.05, 0.1) is 30.4 Å². The van der Waals surface area contributed by atoms with Crippen LogP contribution in [0.1, 0.15) is 10.4 Å². The molecule has 6 heteroatoms. The van der Waals surface area contributed by atoms with Crippen LogP contribution >= 0.6 is 0 Å². The lowest BCUT2D eigenvalue weighted by molar-refractivity contribution is 0.0698. The van der Waals surface area contributed by atoms with Crippen LogP contribution in [0.5, 0.6) is 17.2 Å². The lowest BCUT2D eigenvalue weighted by Crippen LogP contribution is -1.98. The molecule has 0 saturated heterocycles. The summed E-state index contributed by atoms with van der Waals surface area (Å²) in [5.41, 5.74) is 0.598. The van der Waals surface area contributed by atoms with E-state index in [0.29, 0.717) is 17.1 Å². The maximum Gasteiger partial charge on any atom is 0.369 e. The molecule has 0 aliphatic rings. The first-order valence-electron chi connectivity index (χ1n) is 6.70. The molecule has 0 spiro atoms. The van der Waals surface area contributed by atoms with E-state index in [-0.39, 0.29) is 28.0 Å². The van der Waals surface area contributed by atoms with Crippen LogP contribution in [0.3, 0.4) is 0 Å². The highest BCUT2D eigenvalue weighted by Gasteiger charge is 2.25. The Morgan fingerprint density at radius 2 is 1.78 bits per heavy atom. The number of phenolic OH excluding ortho intramolecular Hbond substituents is 2. The molecular weight excluding hydrogens is 300 g/mol. The quantitative estimate of drug-likeness (QED) is 0.640. The van der Waals surface area contributed by atoms with Crippen LogP contribution in [0.4, 0.5) is 0 Å². The van der Waals surface area contributed by atoms with Gasteiger partial charge in [-0.15, -0.1) is 0 Å². The zero-order chi connectivity index (χ0) is 16.6. The van der Waals surface area contributed by atoms with E-state index in [0.717, 1.165) is 6.07 Å². The Kier molecular flexibility index (Phi) is 3.50. The Labute approximate surface area is 130 Å². The molecule has 0 aliphatic carbocycles. The molecular formula is C17H13O6+. The van der Waals surface area contributed by atoms with Crippen LogP contribution in [-0.2, 0) is 0 Å². The molecule has 0 unspecified atom stereocenters. The number of phenols is 2. The number of carboxylic acid groups (broad SMARTS) is 1. The second-order valence-electron chi connectivity index (χ2n) is 4.90. The Balaban J connectivity index is 2.27. The van der Waals surface area contributed by atoms with Crippen molar-refractivity contribution in [2.45, 2.75) is 0 Å². The maximum atomic E-state index is 11.5. The molecule has 3 N–H and O–H groups in total. The zero-order valence-electron chi connectivity index (χ0n) is 12.1. The number of carboxylic acids is 1. The third-order valence-corrected chi connectivity index (χ3v) is 3.44. The van der Waals surface area contributed by atoms with Crippen molar-refractivity contribution in [2.75, 3.05) is 7.11 Å². The summed E-state index contributed by atoms with van der Waals surface area (Å²) < 4.78 is 10.7. The molecule has 23 heavy (non-hydrogen) atoms. The standard InChI is InChI=1S/C17H12O6/c1-22-11-4-2-9(3-5-11)14-8-12(17(20)21)16-13(19)6-10(18)7-15(16)23-14/h2-8H,1H3,(H2-,18,19,20,21)/p+1. The topological polar surface area (TPSA) is 98.3 Å². The second kappa shape index (κ2) is 5.49. The van der Waals surface area contributed by atoms with Crippen LogP contribution in [0.25, 0.3) is 22.3 Å². The van der Waals surface area contributed by atoms with Gasteiger partial charge in [0.2, 0.25) is 0 Å². The molecule has 6 nitrogen and oxygen atoms in total. The van der Waals surface area contributed by atoms with E-state index >= 15 is 0 Å². The fourth-order valence-electron chi connectivity index (χ4n) is 2.36. The zero-order valence-corrected chi connectivity index (χ0v) is 12.1. The minimum absolute atomic E-state index is 0.0348. The van der Waals surface area contributed by atoms with Gasteiger partial charge >= 0.3 is 17.3 Å². The van der Waals surface area contributed by atoms with Crippen LogP contribution in [-0.4, -0.2) is 28.4 Å². The third-order valence-electron chi connectivity index (χ3n) is 3.44. The number of methoxy groups -OCH3 is 1. The number of carbonyl (C=O) groups is 1. The van der Waals surface area contributed by atoms with Gasteiger partial charge in [-0.25, -0.2) is 9.21 Å². The summed E-state index contributed by atoms with van der Waals surface area (Å²) in [5, 5.41) is 28.9. The van der Waals surface area contributed by atoms with Crippen molar-refractivity contribution < 1.29 is 29.3 Å². The Morgan fingerprint density at radius 1 is 1.09 bits per heavy atom. The van der Waals surface area contributed by atoms with Crippen LogP contribution in [0.2, 0.25) is 0 Å². The molecule has 0 fully saturated rings. The Morgan fingerprint density at radius 3 is 2.39 bits per heavy atom. The van der Waals surface area contributed by atoms with Crippen molar-refractivity contribution in [1.29, 1.82) is 0 Å². The minimum atomic E-state index is -1.21. The Bertz CT molecular complexity index is 899. The van der Waals surface area contributed by atoms with Gasteiger partial charge in [-0.2, -0.15) is 0 Å². The summed E-state index contributed by atoms with van der Waals surface area (Å²) in [4.78, 5) is 11.5. The van der Waals surface area contributed by atoms with Gasteiger partial charge in [-0.3, -0.25) is 0 Å². The highest BCUT2D eigenvalue weighted by Crippen LogP contribution is 2.36. The first-order valence-corrected chi connectivity index (χ1v) is 6.70. The summed E-state index contributed by atoms with van der Waals surface area (Å²) in [7, 11) is 1.55. The van der Waals surface area contributed by atoms with Crippen LogP contribution in [0, 0.1) is 0 Å². The molecule has 2 aromatic carbocycles. The van der Waals surface area contributed by atoms with Crippen molar-refractivity contribution in [3.05, 3.63) is 48.0 Å². The number of hydrogen-bond acceptors (Lipinski definition) is 4. The maximum absolute atomic E-state index is 11.5. The molecule has 1 aromatic heterocycles. The minimum Gasteiger partial charge on any atom is -0.507 e. The summed E-state index contributed by atoms with van der Waals surface area (Å²) in [6.07, 6.45) is 0. The number of rotatable bonds is 3.